The van der Waals surface area contributed by atoms with Gasteiger partial charge in [-0.15, -0.1) is 0 Å². The lowest BCUT2D eigenvalue weighted by Gasteiger charge is -2.44. The van der Waals surface area contributed by atoms with Gasteiger partial charge in [0.2, 0.25) is 0 Å². The van der Waals surface area contributed by atoms with Crippen molar-refractivity contribution in [2.75, 3.05) is 20.3 Å². The van der Waals surface area contributed by atoms with Crippen LogP contribution in [0, 0.1) is 11.8 Å². The molecule has 0 aromatic heterocycles. The van der Waals surface area contributed by atoms with Crippen molar-refractivity contribution < 1.29 is 24.2 Å². The van der Waals surface area contributed by atoms with Gasteiger partial charge in [0.05, 0.1) is 25.0 Å². The Bertz CT molecular complexity index is 877. The molecule has 3 atom stereocenters. The largest absolute Gasteiger partial charge is 0.508 e. The van der Waals surface area contributed by atoms with Crippen LogP contribution in [0.5, 0.6) is 5.75 Å². The molecular formula is C23H34N2O5Si. The summed E-state index contributed by atoms with van der Waals surface area (Å²) in [6, 6.07) is 6.02. The van der Waals surface area contributed by atoms with E-state index in [1.807, 2.05) is 13.0 Å². The molecule has 0 aliphatic heterocycles. The average Bonchev–Trinajstić information content (AvgIpc) is 2.70. The van der Waals surface area contributed by atoms with Crippen LogP contribution in [0.2, 0.25) is 25.7 Å². The van der Waals surface area contributed by atoms with Gasteiger partial charge in [-0.1, -0.05) is 32.6 Å². The highest BCUT2D eigenvalue weighted by Gasteiger charge is 2.53. The van der Waals surface area contributed by atoms with Crippen molar-refractivity contribution in [1.29, 1.82) is 0 Å². The first-order valence-electron chi connectivity index (χ1n) is 11.0. The predicted octanol–water partition coefficient (Wildman–Crippen LogP) is 3.40. The van der Waals surface area contributed by atoms with Crippen LogP contribution in [-0.4, -0.2) is 45.4 Å². The van der Waals surface area contributed by atoms with Gasteiger partial charge < -0.3 is 20.0 Å². The lowest BCUT2D eigenvalue weighted by molar-refractivity contribution is -0.159. The third-order valence-corrected chi connectivity index (χ3v) is 7.63. The highest BCUT2D eigenvalue weighted by Crippen LogP contribution is 2.55. The Morgan fingerprint density at radius 2 is 1.87 bits per heavy atom. The smallest absolute Gasteiger partial charge is 0.314 e. The van der Waals surface area contributed by atoms with Gasteiger partial charge in [0, 0.05) is 26.7 Å². The molecule has 31 heavy (non-hydrogen) atoms. The number of fused-ring (bicyclic) bond motifs is 2. The second-order valence-corrected chi connectivity index (χ2v) is 15.1. The second-order valence-electron chi connectivity index (χ2n) is 9.50. The Balaban J connectivity index is 2.02. The van der Waals surface area contributed by atoms with Crippen LogP contribution >= 0.6 is 0 Å². The average molecular weight is 447 g/mol. The van der Waals surface area contributed by atoms with Crippen molar-refractivity contribution in [2.45, 2.75) is 51.4 Å². The summed E-state index contributed by atoms with van der Waals surface area (Å²) in [7, 11) is 0.399. The molecular weight excluding hydrogens is 412 g/mol. The maximum Gasteiger partial charge on any atom is 0.314 e. The van der Waals surface area contributed by atoms with E-state index in [0.717, 1.165) is 22.9 Å². The summed E-state index contributed by atoms with van der Waals surface area (Å²) in [5.41, 5.74) is 9.36. The molecule has 0 spiro atoms. The molecule has 0 heterocycles. The molecule has 3 aliphatic rings. The number of allylic oxidation sites excluding steroid dienone is 1. The molecule has 1 unspecified atom stereocenters. The summed E-state index contributed by atoms with van der Waals surface area (Å²) >= 11 is 0. The maximum absolute atomic E-state index is 13.3. The number of carbonyl (C=O) groups is 2. The summed E-state index contributed by atoms with van der Waals surface area (Å²) in [5, 5.41) is 10.1. The number of esters is 2. The van der Waals surface area contributed by atoms with E-state index in [9.17, 15) is 14.7 Å². The number of rotatable bonds is 9. The highest BCUT2D eigenvalue weighted by molar-refractivity contribution is 6.76. The fraction of sp³-hybridized carbons (Fsp3) is 0.565. The summed E-state index contributed by atoms with van der Waals surface area (Å²) in [5.74, 6) is -2.28. The Morgan fingerprint density at radius 1 is 1.16 bits per heavy atom. The van der Waals surface area contributed by atoms with E-state index < -0.39 is 25.9 Å². The fourth-order valence-electron chi connectivity index (χ4n) is 4.47. The van der Waals surface area contributed by atoms with E-state index in [4.69, 9.17) is 9.47 Å². The standard InChI is InChI=1S/C23H34N2O5Si/c1-6-9-29-23(28)21-19-16-12-14(26)7-8-15(16)17(13-18(19)25-24-2)20(21)22(27)30-10-11-31(3,4)5/h7-8,12,17,20-21,24-26H,6,9-11,13H2,1-5H3/t17?,20-,21-/m1/s1. The molecule has 1 aromatic carbocycles. The van der Waals surface area contributed by atoms with Crippen molar-refractivity contribution in [3.05, 3.63) is 35.0 Å². The van der Waals surface area contributed by atoms with Crippen LogP contribution in [0.1, 0.15) is 36.8 Å². The quantitative estimate of drug-likeness (QED) is 0.304. The van der Waals surface area contributed by atoms with E-state index >= 15 is 0 Å². The predicted molar refractivity (Wildman–Crippen MR) is 122 cm³/mol. The van der Waals surface area contributed by atoms with Crippen LogP contribution in [0.4, 0.5) is 0 Å². The minimum atomic E-state index is -1.36. The molecule has 7 nitrogen and oxygen atoms in total. The van der Waals surface area contributed by atoms with E-state index in [1.54, 1.807) is 19.2 Å². The van der Waals surface area contributed by atoms with Crippen molar-refractivity contribution in [1.82, 2.24) is 10.9 Å². The first-order chi connectivity index (χ1) is 14.7. The molecule has 0 saturated heterocycles. The fourth-order valence-corrected chi connectivity index (χ4v) is 5.19. The number of ether oxygens (including phenoxy) is 2. The minimum Gasteiger partial charge on any atom is -0.508 e. The van der Waals surface area contributed by atoms with Crippen molar-refractivity contribution in [2.24, 2.45) is 11.8 Å². The maximum atomic E-state index is 13.3. The van der Waals surface area contributed by atoms with Gasteiger partial charge in [0.25, 0.3) is 0 Å². The Hall–Kier alpha value is -2.32. The van der Waals surface area contributed by atoms with E-state index in [1.165, 1.54) is 0 Å². The van der Waals surface area contributed by atoms with Crippen LogP contribution in [-0.2, 0) is 19.1 Å². The molecule has 0 saturated carbocycles. The molecule has 170 valence electrons. The number of phenols is 1. The highest BCUT2D eigenvalue weighted by atomic mass is 28.3. The molecule has 1 aromatic rings. The van der Waals surface area contributed by atoms with Crippen LogP contribution in [0.15, 0.2) is 23.9 Å². The number of phenolic OH excluding ortho intramolecular Hbond substituents is 1. The summed E-state index contributed by atoms with van der Waals surface area (Å²) in [6.45, 7) is 9.31. The molecule has 0 fully saturated rings. The van der Waals surface area contributed by atoms with Gasteiger partial charge in [-0.25, -0.2) is 5.43 Å². The topological polar surface area (TPSA) is 96.9 Å². The normalized spacial score (nSPS) is 22.2. The summed E-state index contributed by atoms with van der Waals surface area (Å²) in [6.07, 6.45) is 1.28. The number of hydrazine groups is 1. The number of hydrogen-bond acceptors (Lipinski definition) is 7. The SMILES string of the molecule is CCCOC(=O)[C@@H]1C2=C(NNC)CC(c3ccc(O)cc32)[C@H]1C(=O)OCC[Si](C)(C)C. The Morgan fingerprint density at radius 3 is 2.52 bits per heavy atom. The zero-order valence-corrected chi connectivity index (χ0v) is 20.1. The third-order valence-electron chi connectivity index (χ3n) is 5.93. The third kappa shape index (κ3) is 4.96. The van der Waals surface area contributed by atoms with Gasteiger partial charge >= 0.3 is 11.9 Å². The van der Waals surface area contributed by atoms with Gasteiger partial charge in [0.15, 0.2) is 0 Å². The van der Waals surface area contributed by atoms with E-state index in [2.05, 4.69) is 30.5 Å². The molecule has 4 rings (SSSR count). The zero-order chi connectivity index (χ0) is 22.8. The van der Waals surface area contributed by atoms with Crippen LogP contribution < -0.4 is 10.9 Å². The van der Waals surface area contributed by atoms with Crippen molar-refractivity contribution in [3.8, 4) is 5.75 Å². The molecule has 2 bridgehead atoms. The second kappa shape index (κ2) is 9.44. The molecule has 3 aliphatic carbocycles. The Kier molecular flexibility index (Phi) is 7.11. The van der Waals surface area contributed by atoms with Crippen molar-refractivity contribution >= 4 is 25.6 Å². The lowest BCUT2D eigenvalue weighted by atomic mass is 9.60. The van der Waals surface area contributed by atoms with Gasteiger partial charge in [0.1, 0.15) is 5.75 Å². The molecule has 0 radical (unpaired) electrons. The van der Waals surface area contributed by atoms with E-state index in [-0.39, 0.29) is 17.6 Å². The first kappa shape index (κ1) is 23.3. The Labute approximate surface area is 185 Å². The molecule has 0 amide bonds. The number of nitrogens with one attached hydrogen (secondary N) is 2. The van der Waals surface area contributed by atoms with Gasteiger partial charge in [-0.3, -0.25) is 9.59 Å². The zero-order valence-electron chi connectivity index (χ0n) is 19.1. The number of aromatic hydroxyl groups is 1. The monoisotopic (exact) mass is 446 g/mol. The minimum absolute atomic E-state index is 0.123. The first-order valence-corrected chi connectivity index (χ1v) is 14.7. The van der Waals surface area contributed by atoms with Gasteiger partial charge in [-0.05, 0) is 47.7 Å². The number of hydrogen-bond donors (Lipinski definition) is 3. The number of benzene rings is 1. The van der Waals surface area contributed by atoms with Crippen molar-refractivity contribution in [3.63, 3.8) is 0 Å². The van der Waals surface area contributed by atoms with Crippen LogP contribution in [0.25, 0.3) is 5.57 Å². The lowest BCUT2D eigenvalue weighted by Crippen LogP contribution is -2.47. The number of carbonyl (C=O) groups excluding carboxylic acids is 2. The summed E-state index contributed by atoms with van der Waals surface area (Å²) < 4.78 is 11.2. The van der Waals surface area contributed by atoms with Crippen LogP contribution in [0.3, 0.4) is 0 Å². The summed E-state index contributed by atoms with van der Waals surface area (Å²) in [4.78, 5) is 26.5. The van der Waals surface area contributed by atoms with Gasteiger partial charge in [-0.2, -0.15) is 0 Å². The van der Waals surface area contributed by atoms with E-state index in [0.29, 0.717) is 31.6 Å². The molecule has 3 N–H and O–H groups in total. The molecule has 8 heteroatoms.